The maximum atomic E-state index is 6.03. The summed E-state index contributed by atoms with van der Waals surface area (Å²) in [4.78, 5) is 0. The van der Waals surface area contributed by atoms with Crippen molar-refractivity contribution in [2.75, 3.05) is 12.9 Å². The Morgan fingerprint density at radius 2 is 1.73 bits per heavy atom. The van der Waals surface area contributed by atoms with Crippen molar-refractivity contribution in [1.29, 1.82) is 0 Å². The van der Waals surface area contributed by atoms with Crippen molar-refractivity contribution in [2.24, 2.45) is 5.10 Å². The molecule has 158 valence electrons. The first-order valence-corrected chi connectivity index (χ1v) is 11.8. The van der Waals surface area contributed by atoms with Crippen molar-refractivity contribution >= 4 is 18.0 Å². The molecular weight excluding hydrogens is 392 g/mol. The number of hydrogen-bond acceptors (Lipinski definition) is 5. The highest BCUT2D eigenvalue weighted by atomic mass is 32.2. The molecule has 6 heteroatoms. The van der Waals surface area contributed by atoms with Crippen molar-refractivity contribution in [3.8, 4) is 5.75 Å². The van der Waals surface area contributed by atoms with Crippen LogP contribution in [0, 0.1) is 0 Å². The second-order valence-corrected chi connectivity index (χ2v) is 7.90. The summed E-state index contributed by atoms with van der Waals surface area (Å²) in [6, 6.07) is 18.3. The second-order valence-electron chi connectivity index (χ2n) is 7.12. The molecule has 0 aliphatic carbocycles. The number of ether oxygens (including phenoxy) is 1. The molecule has 0 saturated heterocycles. The van der Waals surface area contributed by atoms with E-state index in [0.717, 1.165) is 35.3 Å². The molecule has 0 spiro atoms. The van der Waals surface area contributed by atoms with Gasteiger partial charge in [0.15, 0.2) is 5.82 Å². The monoisotopic (exact) mass is 422 g/mol. The van der Waals surface area contributed by atoms with Crippen molar-refractivity contribution in [2.45, 2.75) is 50.6 Å². The van der Waals surface area contributed by atoms with Crippen molar-refractivity contribution in [1.82, 2.24) is 14.9 Å². The fraction of sp³-hybridized carbons (Fsp3) is 0.375. The normalized spacial score (nSPS) is 11.3. The minimum Gasteiger partial charge on any atom is -0.493 e. The third kappa shape index (κ3) is 6.46. The van der Waals surface area contributed by atoms with Gasteiger partial charge >= 0.3 is 0 Å². The predicted octanol–water partition coefficient (Wildman–Crippen LogP) is 5.82. The van der Waals surface area contributed by atoms with Crippen LogP contribution < -0.4 is 4.74 Å². The Morgan fingerprint density at radius 1 is 0.967 bits per heavy atom. The molecule has 0 amide bonds. The Labute approximate surface area is 183 Å². The van der Waals surface area contributed by atoms with Crippen molar-refractivity contribution in [3.05, 3.63) is 71.5 Å². The van der Waals surface area contributed by atoms with Gasteiger partial charge in [-0.15, -0.1) is 10.2 Å². The van der Waals surface area contributed by atoms with Crippen LogP contribution in [0.5, 0.6) is 5.75 Å². The average molecular weight is 423 g/mol. The lowest BCUT2D eigenvalue weighted by atomic mass is 10.1. The summed E-state index contributed by atoms with van der Waals surface area (Å²) in [5.74, 6) is 1.68. The number of benzene rings is 2. The van der Waals surface area contributed by atoms with Gasteiger partial charge in [0.1, 0.15) is 5.75 Å². The molecule has 30 heavy (non-hydrogen) atoms. The zero-order valence-corrected chi connectivity index (χ0v) is 18.6. The van der Waals surface area contributed by atoms with E-state index < -0.39 is 0 Å². The third-order valence-electron chi connectivity index (χ3n) is 4.80. The standard InChI is InChI=1S/C24H30N4OS/c1-3-4-5-6-12-17-29-22-16-11-10-15-21(22)19-25-28-23(26-27-24(28)30-2)18-20-13-8-7-9-14-20/h7-11,13-16,19H,3-6,12,17-18H2,1-2H3/b25-19-. The summed E-state index contributed by atoms with van der Waals surface area (Å²) in [7, 11) is 0. The summed E-state index contributed by atoms with van der Waals surface area (Å²) in [6.07, 6.45) is 10.6. The highest BCUT2D eigenvalue weighted by Crippen LogP contribution is 2.19. The van der Waals surface area contributed by atoms with Crippen LogP contribution in [-0.2, 0) is 6.42 Å². The van der Waals surface area contributed by atoms with Gasteiger partial charge in [0.2, 0.25) is 5.16 Å². The van der Waals surface area contributed by atoms with Gasteiger partial charge in [0.25, 0.3) is 0 Å². The molecule has 0 atom stereocenters. The van der Waals surface area contributed by atoms with Gasteiger partial charge in [-0.1, -0.05) is 86.8 Å². The highest BCUT2D eigenvalue weighted by molar-refractivity contribution is 7.98. The van der Waals surface area contributed by atoms with E-state index in [1.807, 2.05) is 59.6 Å². The Bertz CT molecular complexity index is 924. The first kappa shape index (κ1) is 22.1. The molecule has 0 aliphatic rings. The predicted molar refractivity (Wildman–Crippen MR) is 125 cm³/mol. The largest absolute Gasteiger partial charge is 0.493 e. The van der Waals surface area contributed by atoms with Gasteiger partial charge in [-0.25, -0.2) is 0 Å². The van der Waals surface area contributed by atoms with E-state index in [-0.39, 0.29) is 0 Å². The van der Waals surface area contributed by atoms with Crippen LogP contribution in [0.3, 0.4) is 0 Å². The third-order valence-corrected chi connectivity index (χ3v) is 5.42. The molecule has 3 aromatic rings. The van der Waals surface area contributed by atoms with Gasteiger partial charge in [-0.2, -0.15) is 9.78 Å². The Kier molecular flexibility index (Phi) is 8.97. The lowest BCUT2D eigenvalue weighted by Gasteiger charge is -2.09. The maximum absolute atomic E-state index is 6.03. The highest BCUT2D eigenvalue weighted by Gasteiger charge is 2.11. The summed E-state index contributed by atoms with van der Waals surface area (Å²) in [5, 5.41) is 14.1. The van der Waals surface area contributed by atoms with Crippen LogP contribution in [0.1, 0.15) is 56.0 Å². The van der Waals surface area contributed by atoms with Crippen LogP contribution in [0.25, 0.3) is 0 Å². The van der Waals surface area contributed by atoms with E-state index in [1.54, 1.807) is 0 Å². The van der Waals surface area contributed by atoms with E-state index in [0.29, 0.717) is 6.42 Å². The number of hydrogen-bond donors (Lipinski definition) is 0. The zero-order valence-electron chi connectivity index (χ0n) is 17.8. The molecule has 1 aromatic heterocycles. The van der Waals surface area contributed by atoms with Gasteiger partial charge < -0.3 is 4.74 Å². The fourth-order valence-electron chi connectivity index (χ4n) is 3.15. The fourth-order valence-corrected chi connectivity index (χ4v) is 3.60. The molecule has 3 rings (SSSR count). The molecule has 1 heterocycles. The number of aromatic nitrogens is 3. The van der Waals surface area contributed by atoms with Crippen LogP contribution in [0.15, 0.2) is 64.9 Å². The minimum atomic E-state index is 0.682. The number of para-hydroxylation sites is 1. The summed E-state index contributed by atoms with van der Waals surface area (Å²) in [5.41, 5.74) is 2.14. The topological polar surface area (TPSA) is 52.3 Å². The maximum Gasteiger partial charge on any atom is 0.211 e. The average Bonchev–Trinajstić information content (AvgIpc) is 3.17. The molecule has 0 fully saturated rings. The number of thioether (sulfide) groups is 1. The SMILES string of the molecule is CCCCCCCOc1ccccc1/C=N\n1c(Cc2ccccc2)nnc1SC. The van der Waals surface area contributed by atoms with E-state index >= 15 is 0 Å². The molecule has 0 unspecified atom stereocenters. The first-order chi connectivity index (χ1) is 14.8. The Hall–Kier alpha value is -2.60. The molecule has 0 bridgehead atoms. The molecule has 0 radical (unpaired) electrons. The van der Waals surface area contributed by atoms with Crippen molar-refractivity contribution in [3.63, 3.8) is 0 Å². The van der Waals surface area contributed by atoms with E-state index in [1.165, 1.54) is 43.0 Å². The molecular formula is C24H30N4OS. The first-order valence-electron chi connectivity index (χ1n) is 10.6. The quantitative estimate of drug-likeness (QED) is 0.210. The molecule has 5 nitrogen and oxygen atoms in total. The Morgan fingerprint density at radius 3 is 2.53 bits per heavy atom. The van der Waals surface area contributed by atoms with E-state index in [2.05, 4.69) is 29.3 Å². The Balaban J connectivity index is 1.70. The smallest absolute Gasteiger partial charge is 0.211 e. The van der Waals surface area contributed by atoms with Crippen LogP contribution in [0.2, 0.25) is 0 Å². The number of nitrogens with zero attached hydrogens (tertiary/aromatic N) is 4. The van der Waals surface area contributed by atoms with Gasteiger partial charge in [-0.05, 0) is 30.4 Å². The summed E-state index contributed by atoms with van der Waals surface area (Å²) in [6.45, 7) is 2.96. The molecule has 0 saturated carbocycles. The lowest BCUT2D eigenvalue weighted by molar-refractivity contribution is 0.304. The van der Waals surface area contributed by atoms with Crippen molar-refractivity contribution < 1.29 is 4.74 Å². The number of unbranched alkanes of at least 4 members (excludes halogenated alkanes) is 4. The van der Waals surface area contributed by atoms with Gasteiger partial charge in [0.05, 0.1) is 12.8 Å². The van der Waals surface area contributed by atoms with Crippen LogP contribution in [-0.4, -0.2) is 34.0 Å². The number of rotatable bonds is 12. The molecule has 0 aliphatic heterocycles. The molecule has 2 aromatic carbocycles. The molecule has 0 N–H and O–H groups in total. The van der Waals surface area contributed by atoms with Gasteiger partial charge in [-0.3, -0.25) is 0 Å². The second kappa shape index (κ2) is 12.2. The van der Waals surface area contributed by atoms with E-state index in [9.17, 15) is 0 Å². The van der Waals surface area contributed by atoms with Crippen LogP contribution in [0.4, 0.5) is 0 Å². The summed E-state index contributed by atoms with van der Waals surface area (Å²) >= 11 is 1.53. The zero-order chi connectivity index (χ0) is 21.0. The summed E-state index contributed by atoms with van der Waals surface area (Å²) < 4.78 is 7.85. The van der Waals surface area contributed by atoms with E-state index in [4.69, 9.17) is 9.84 Å². The lowest BCUT2D eigenvalue weighted by Crippen LogP contribution is -2.03. The van der Waals surface area contributed by atoms with Crippen LogP contribution >= 0.6 is 11.8 Å². The van der Waals surface area contributed by atoms with Gasteiger partial charge in [0, 0.05) is 12.0 Å². The minimum absolute atomic E-state index is 0.682.